The van der Waals surface area contributed by atoms with E-state index in [1.807, 2.05) is 0 Å². The molecule has 0 atom stereocenters. The molecule has 100 valence electrons. The maximum Gasteiger partial charge on any atom is 0.194 e. The summed E-state index contributed by atoms with van der Waals surface area (Å²) in [6.07, 6.45) is 4.58. The number of thiazole rings is 1. The van der Waals surface area contributed by atoms with E-state index in [9.17, 15) is 0 Å². The van der Waals surface area contributed by atoms with Gasteiger partial charge < -0.3 is 5.32 Å². The molecular formula is C14H23N3S. The van der Waals surface area contributed by atoms with Crippen LogP contribution in [-0.4, -0.2) is 14.9 Å². The van der Waals surface area contributed by atoms with Crippen LogP contribution >= 0.6 is 11.3 Å². The van der Waals surface area contributed by atoms with Crippen LogP contribution < -0.4 is 5.32 Å². The molecule has 1 N–H and O–H groups in total. The highest BCUT2D eigenvalue weighted by atomic mass is 32.1. The van der Waals surface area contributed by atoms with Gasteiger partial charge in [0.15, 0.2) is 4.96 Å². The van der Waals surface area contributed by atoms with E-state index < -0.39 is 0 Å². The van der Waals surface area contributed by atoms with Crippen molar-refractivity contribution in [2.45, 2.75) is 59.5 Å². The average Bonchev–Trinajstić information content (AvgIpc) is 2.71. The SMILES string of the molecule is CCCC(C)(C)NCc1c(C)nc2sc(C)cn12. The molecule has 0 unspecified atom stereocenters. The highest BCUT2D eigenvalue weighted by Gasteiger charge is 2.18. The summed E-state index contributed by atoms with van der Waals surface area (Å²) in [6.45, 7) is 11.9. The van der Waals surface area contributed by atoms with Gasteiger partial charge in [-0.15, -0.1) is 11.3 Å². The Morgan fingerprint density at radius 2 is 2.11 bits per heavy atom. The van der Waals surface area contributed by atoms with E-state index in [1.165, 1.54) is 23.4 Å². The highest BCUT2D eigenvalue weighted by molar-refractivity contribution is 7.17. The van der Waals surface area contributed by atoms with Crippen molar-refractivity contribution >= 4 is 16.3 Å². The Bertz CT molecular complexity index is 536. The van der Waals surface area contributed by atoms with Crippen LogP contribution in [0, 0.1) is 13.8 Å². The molecule has 0 aliphatic rings. The lowest BCUT2D eigenvalue weighted by atomic mass is 9.99. The van der Waals surface area contributed by atoms with E-state index in [2.05, 4.69) is 55.5 Å². The van der Waals surface area contributed by atoms with Crippen molar-refractivity contribution in [3.05, 3.63) is 22.5 Å². The molecule has 0 saturated heterocycles. The fourth-order valence-electron chi connectivity index (χ4n) is 2.36. The molecule has 0 aliphatic heterocycles. The third-order valence-corrected chi connectivity index (χ3v) is 4.25. The van der Waals surface area contributed by atoms with Gasteiger partial charge in [0.2, 0.25) is 0 Å². The van der Waals surface area contributed by atoms with E-state index in [4.69, 9.17) is 0 Å². The number of hydrogen-bond acceptors (Lipinski definition) is 3. The van der Waals surface area contributed by atoms with Crippen molar-refractivity contribution in [3.63, 3.8) is 0 Å². The smallest absolute Gasteiger partial charge is 0.194 e. The minimum Gasteiger partial charge on any atom is -0.306 e. The zero-order chi connectivity index (χ0) is 13.3. The van der Waals surface area contributed by atoms with Gasteiger partial charge in [0, 0.05) is 23.2 Å². The number of nitrogens with one attached hydrogen (secondary N) is 1. The molecule has 4 heteroatoms. The van der Waals surface area contributed by atoms with Gasteiger partial charge in [0.25, 0.3) is 0 Å². The van der Waals surface area contributed by atoms with Crippen molar-refractivity contribution in [1.82, 2.24) is 14.7 Å². The Kier molecular flexibility index (Phi) is 3.78. The van der Waals surface area contributed by atoms with E-state index in [0.29, 0.717) is 0 Å². The standard InChI is InChI=1S/C14H23N3S/c1-6-7-14(4,5)15-8-12-11(3)16-13-17(12)9-10(2)18-13/h9,15H,6-8H2,1-5H3. The van der Waals surface area contributed by atoms with Gasteiger partial charge in [-0.25, -0.2) is 4.98 Å². The first-order valence-electron chi connectivity index (χ1n) is 6.62. The maximum absolute atomic E-state index is 4.62. The van der Waals surface area contributed by atoms with Gasteiger partial charge in [-0.2, -0.15) is 0 Å². The third kappa shape index (κ3) is 2.75. The Labute approximate surface area is 113 Å². The first kappa shape index (κ1) is 13.6. The topological polar surface area (TPSA) is 29.3 Å². The number of fused-ring (bicyclic) bond motifs is 1. The summed E-state index contributed by atoms with van der Waals surface area (Å²) in [5.74, 6) is 0. The maximum atomic E-state index is 4.62. The average molecular weight is 265 g/mol. The molecule has 2 aromatic heterocycles. The van der Waals surface area contributed by atoms with E-state index in [0.717, 1.165) is 17.2 Å². The number of hydrogen-bond donors (Lipinski definition) is 1. The number of rotatable bonds is 5. The Hall–Kier alpha value is -0.870. The molecule has 0 aliphatic carbocycles. The quantitative estimate of drug-likeness (QED) is 0.893. The first-order valence-corrected chi connectivity index (χ1v) is 7.43. The Morgan fingerprint density at radius 1 is 1.39 bits per heavy atom. The Balaban J connectivity index is 2.18. The summed E-state index contributed by atoms with van der Waals surface area (Å²) >= 11 is 1.75. The fourth-order valence-corrected chi connectivity index (χ4v) is 3.25. The number of aromatic nitrogens is 2. The van der Waals surface area contributed by atoms with Crippen LogP contribution in [0.4, 0.5) is 0 Å². The number of aryl methyl sites for hydroxylation is 2. The van der Waals surface area contributed by atoms with Crippen molar-refractivity contribution in [3.8, 4) is 0 Å². The summed E-state index contributed by atoms with van der Waals surface area (Å²) in [6, 6.07) is 0. The predicted molar refractivity (Wildman–Crippen MR) is 78.4 cm³/mol. The molecule has 0 amide bonds. The third-order valence-electron chi connectivity index (χ3n) is 3.35. The summed E-state index contributed by atoms with van der Waals surface area (Å²) in [5.41, 5.74) is 2.62. The largest absolute Gasteiger partial charge is 0.306 e. The van der Waals surface area contributed by atoms with Crippen LogP contribution in [0.2, 0.25) is 0 Å². The first-order chi connectivity index (χ1) is 8.43. The van der Waals surface area contributed by atoms with E-state index >= 15 is 0 Å². The molecule has 0 aromatic carbocycles. The highest BCUT2D eigenvalue weighted by Crippen LogP contribution is 2.21. The van der Waals surface area contributed by atoms with Crippen molar-refractivity contribution in [2.24, 2.45) is 0 Å². The van der Waals surface area contributed by atoms with Crippen LogP contribution in [0.1, 0.15) is 49.9 Å². The second-order valence-corrected chi connectivity index (χ2v) is 6.84. The predicted octanol–water partition coefficient (Wildman–Crippen LogP) is 3.68. The van der Waals surface area contributed by atoms with Crippen molar-refractivity contribution < 1.29 is 0 Å². The zero-order valence-electron chi connectivity index (χ0n) is 12.0. The number of nitrogens with zero attached hydrogens (tertiary/aromatic N) is 2. The monoisotopic (exact) mass is 265 g/mol. The summed E-state index contributed by atoms with van der Waals surface area (Å²) in [4.78, 5) is 7.04. The van der Waals surface area contributed by atoms with Gasteiger partial charge in [-0.1, -0.05) is 13.3 Å². The normalized spacial score (nSPS) is 12.5. The van der Waals surface area contributed by atoms with Crippen molar-refractivity contribution in [1.29, 1.82) is 0 Å². The second-order valence-electron chi connectivity index (χ2n) is 5.63. The molecular weight excluding hydrogens is 242 g/mol. The molecule has 0 spiro atoms. The lowest BCUT2D eigenvalue weighted by Crippen LogP contribution is -2.38. The lowest BCUT2D eigenvalue weighted by molar-refractivity contribution is 0.354. The molecule has 0 fully saturated rings. The van der Waals surface area contributed by atoms with Gasteiger partial charge in [0.05, 0.1) is 11.4 Å². The molecule has 2 aromatic rings. The van der Waals surface area contributed by atoms with Gasteiger partial charge in [0.1, 0.15) is 0 Å². The zero-order valence-corrected chi connectivity index (χ0v) is 12.8. The minimum absolute atomic E-state index is 0.191. The summed E-state index contributed by atoms with van der Waals surface area (Å²) < 4.78 is 2.23. The lowest BCUT2D eigenvalue weighted by Gasteiger charge is -2.25. The summed E-state index contributed by atoms with van der Waals surface area (Å²) in [5, 5.41) is 3.65. The summed E-state index contributed by atoms with van der Waals surface area (Å²) in [7, 11) is 0. The molecule has 18 heavy (non-hydrogen) atoms. The van der Waals surface area contributed by atoms with Gasteiger partial charge in [-0.3, -0.25) is 4.40 Å². The second kappa shape index (κ2) is 5.02. The number of imidazole rings is 1. The van der Waals surface area contributed by atoms with Gasteiger partial charge in [-0.05, 0) is 34.1 Å². The van der Waals surface area contributed by atoms with Crippen LogP contribution in [0.25, 0.3) is 4.96 Å². The van der Waals surface area contributed by atoms with E-state index in [-0.39, 0.29) is 5.54 Å². The van der Waals surface area contributed by atoms with E-state index in [1.54, 1.807) is 11.3 Å². The van der Waals surface area contributed by atoms with Gasteiger partial charge >= 0.3 is 0 Å². The minimum atomic E-state index is 0.191. The van der Waals surface area contributed by atoms with Crippen LogP contribution in [0.3, 0.4) is 0 Å². The van der Waals surface area contributed by atoms with Crippen LogP contribution in [-0.2, 0) is 6.54 Å². The molecule has 0 radical (unpaired) electrons. The van der Waals surface area contributed by atoms with Crippen LogP contribution in [0.5, 0.6) is 0 Å². The molecule has 0 bridgehead atoms. The fraction of sp³-hybridized carbons (Fsp3) is 0.643. The van der Waals surface area contributed by atoms with Crippen molar-refractivity contribution in [2.75, 3.05) is 0 Å². The van der Waals surface area contributed by atoms with Crippen LogP contribution in [0.15, 0.2) is 6.20 Å². The molecule has 2 rings (SSSR count). The molecule has 3 nitrogen and oxygen atoms in total. The molecule has 0 saturated carbocycles. The Morgan fingerprint density at radius 3 is 2.78 bits per heavy atom. The molecule has 2 heterocycles.